The van der Waals surface area contributed by atoms with E-state index in [9.17, 15) is 0 Å². The van der Waals surface area contributed by atoms with Crippen LogP contribution in [0.4, 0.5) is 0 Å². The van der Waals surface area contributed by atoms with E-state index in [1.807, 2.05) is 21.6 Å². The Morgan fingerprint density at radius 1 is 1.08 bits per heavy atom. The van der Waals surface area contributed by atoms with Gasteiger partial charge in [0.1, 0.15) is 0 Å². The quantitative estimate of drug-likeness (QED) is 0.653. The van der Waals surface area contributed by atoms with Crippen LogP contribution >= 0.6 is 21.6 Å². The summed E-state index contributed by atoms with van der Waals surface area (Å²) in [6.45, 7) is 4.51. The topological polar surface area (TPSA) is 0 Å². The van der Waals surface area contributed by atoms with Crippen LogP contribution in [0.5, 0.6) is 0 Å². The van der Waals surface area contributed by atoms with E-state index in [4.69, 9.17) is 0 Å². The van der Waals surface area contributed by atoms with Crippen LogP contribution in [0.25, 0.3) is 0 Å². The van der Waals surface area contributed by atoms with E-state index in [1.54, 1.807) is 0 Å². The molecule has 13 heavy (non-hydrogen) atoms. The van der Waals surface area contributed by atoms with Gasteiger partial charge < -0.3 is 0 Å². The first-order valence-corrected chi connectivity index (χ1v) is 6.96. The van der Waals surface area contributed by atoms with E-state index in [2.05, 4.69) is 44.2 Å². The van der Waals surface area contributed by atoms with Crippen LogP contribution in [0.1, 0.15) is 26.7 Å². The molecule has 0 saturated carbocycles. The fourth-order valence-corrected chi connectivity index (χ4v) is 3.70. The normalized spacial score (nSPS) is 10.7. The molecule has 1 aromatic carbocycles. The average Bonchev–Trinajstić information content (AvgIpc) is 2.21. The average molecular weight is 212 g/mol. The molecule has 0 unspecified atom stereocenters. The molecule has 0 saturated heterocycles. The van der Waals surface area contributed by atoms with Gasteiger partial charge in [-0.2, -0.15) is 0 Å². The van der Waals surface area contributed by atoms with E-state index in [0.29, 0.717) is 0 Å². The minimum Gasteiger partial charge on any atom is -0.0855 e. The maximum Gasteiger partial charge on any atom is 0.0182 e. The van der Waals surface area contributed by atoms with Gasteiger partial charge in [-0.15, -0.1) is 0 Å². The van der Waals surface area contributed by atoms with Gasteiger partial charge in [0.2, 0.25) is 0 Å². The van der Waals surface area contributed by atoms with Crippen molar-refractivity contribution in [3.63, 3.8) is 0 Å². The molecule has 1 rings (SSSR count). The van der Waals surface area contributed by atoms with E-state index in [1.165, 1.54) is 17.7 Å². The minimum atomic E-state index is 0.796. The molecule has 2 heteroatoms. The lowest BCUT2D eigenvalue weighted by atomic mass is 10.3. The third kappa shape index (κ3) is 4.10. The smallest absolute Gasteiger partial charge is 0.0182 e. The summed E-state index contributed by atoms with van der Waals surface area (Å²) in [7, 11) is 3.89. The van der Waals surface area contributed by atoms with Crippen LogP contribution < -0.4 is 0 Å². The lowest BCUT2D eigenvalue weighted by Crippen LogP contribution is -1.94. The van der Waals surface area contributed by atoms with E-state index in [0.717, 1.165) is 5.25 Å². The highest BCUT2D eigenvalue weighted by Crippen LogP contribution is 2.36. The molecule has 72 valence electrons. The molecule has 1 aromatic rings. The van der Waals surface area contributed by atoms with Gasteiger partial charge in [-0.05, 0) is 25.0 Å². The second-order valence-electron chi connectivity index (χ2n) is 2.93. The highest BCUT2D eigenvalue weighted by molar-refractivity contribution is 8.76. The highest BCUT2D eigenvalue weighted by atomic mass is 33.1. The first kappa shape index (κ1) is 11.0. The van der Waals surface area contributed by atoms with Crippen molar-refractivity contribution >= 4 is 21.6 Å². The molecular formula is C11H16S2. The molecule has 0 aromatic heterocycles. The zero-order valence-electron chi connectivity index (χ0n) is 8.19. The highest BCUT2D eigenvalue weighted by Gasteiger charge is 2.04. The van der Waals surface area contributed by atoms with Gasteiger partial charge in [-0.1, -0.05) is 53.6 Å². The molecule has 0 nitrogen and oxygen atoms in total. The van der Waals surface area contributed by atoms with Crippen molar-refractivity contribution in [2.45, 2.75) is 36.8 Å². The predicted octanol–water partition coefficient (Wildman–Crippen LogP) is 4.62. The standard InChI is InChI=1S/C11H16S2/c1-3-10(4-2)12-13-11-8-6-5-7-9-11/h5-10H,3-4H2,1-2H3. The number of hydrogen-bond donors (Lipinski definition) is 0. The summed E-state index contributed by atoms with van der Waals surface area (Å²) in [6.07, 6.45) is 2.53. The molecular weight excluding hydrogens is 196 g/mol. The lowest BCUT2D eigenvalue weighted by molar-refractivity contribution is 0.797. The third-order valence-electron chi connectivity index (χ3n) is 1.93. The number of rotatable bonds is 5. The summed E-state index contributed by atoms with van der Waals surface area (Å²) in [4.78, 5) is 1.36. The Bertz CT molecular complexity index is 217. The Hall–Kier alpha value is -0.0800. The largest absolute Gasteiger partial charge is 0.0855 e. The maximum absolute atomic E-state index is 2.26. The van der Waals surface area contributed by atoms with Crippen LogP contribution in [-0.4, -0.2) is 5.25 Å². The Morgan fingerprint density at radius 3 is 2.23 bits per heavy atom. The molecule has 0 heterocycles. The summed E-state index contributed by atoms with van der Waals surface area (Å²) in [5, 5.41) is 0.796. The Balaban J connectivity index is 2.34. The predicted molar refractivity (Wildman–Crippen MR) is 64.3 cm³/mol. The van der Waals surface area contributed by atoms with Gasteiger partial charge in [0.15, 0.2) is 0 Å². The van der Waals surface area contributed by atoms with Crippen molar-refractivity contribution in [3.8, 4) is 0 Å². The van der Waals surface area contributed by atoms with Gasteiger partial charge in [-0.3, -0.25) is 0 Å². The fraction of sp³-hybridized carbons (Fsp3) is 0.455. The number of benzene rings is 1. The summed E-state index contributed by atoms with van der Waals surface area (Å²) >= 11 is 0. The van der Waals surface area contributed by atoms with Crippen LogP contribution in [0, 0.1) is 0 Å². The van der Waals surface area contributed by atoms with Crippen LogP contribution in [0.3, 0.4) is 0 Å². The SMILES string of the molecule is CCC(CC)SSc1ccccc1. The molecule has 0 amide bonds. The summed E-state index contributed by atoms with van der Waals surface area (Å²) < 4.78 is 0. The van der Waals surface area contributed by atoms with Gasteiger partial charge in [0, 0.05) is 10.1 Å². The van der Waals surface area contributed by atoms with Crippen molar-refractivity contribution < 1.29 is 0 Å². The molecule has 0 aliphatic rings. The second kappa shape index (κ2) is 6.39. The molecule has 0 atom stereocenters. The Labute approximate surface area is 88.9 Å². The minimum absolute atomic E-state index is 0.796. The van der Waals surface area contributed by atoms with Gasteiger partial charge in [0.25, 0.3) is 0 Å². The fourth-order valence-electron chi connectivity index (χ4n) is 1.02. The van der Waals surface area contributed by atoms with E-state index >= 15 is 0 Å². The molecule has 0 aliphatic carbocycles. The summed E-state index contributed by atoms with van der Waals surface area (Å²) in [5.41, 5.74) is 0. The van der Waals surface area contributed by atoms with Crippen molar-refractivity contribution in [3.05, 3.63) is 30.3 Å². The van der Waals surface area contributed by atoms with Crippen LogP contribution in [0.2, 0.25) is 0 Å². The van der Waals surface area contributed by atoms with Gasteiger partial charge in [0.05, 0.1) is 0 Å². The van der Waals surface area contributed by atoms with E-state index < -0.39 is 0 Å². The van der Waals surface area contributed by atoms with E-state index in [-0.39, 0.29) is 0 Å². The van der Waals surface area contributed by atoms with Crippen molar-refractivity contribution in [2.75, 3.05) is 0 Å². The first-order valence-electron chi connectivity index (χ1n) is 4.75. The summed E-state index contributed by atoms with van der Waals surface area (Å²) in [6, 6.07) is 10.6. The van der Waals surface area contributed by atoms with Crippen LogP contribution in [-0.2, 0) is 0 Å². The van der Waals surface area contributed by atoms with Crippen molar-refractivity contribution in [1.82, 2.24) is 0 Å². The second-order valence-corrected chi connectivity index (χ2v) is 5.51. The van der Waals surface area contributed by atoms with Crippen molar-refractivity contribution in [1.29, 1.82) is 0 Å². The Kier molecular flexibility index (Phi) is 5.40. The zero-order chi connectivity index (χ0) is 9.52. The monoisotopic (exact) mass is 212 g/mol. The molecule has 0 fully saturated rings. The van der Waals surface area contributed by atoms with Crippen LogP contribution in [0.15, 0.2) is 35.2 Å². The molecule has 0 aliphatic heterocycles. The molecule has 0 spiro atoms. The van der Waals surface area contributed by atoms with Crippen molar-refractivity contribution in [2.24, 2.45) is 0 Å². The van der Waals surface area contributed by atoms with Gasteiger partial charge >= 0.3 is 0 Å². The lowest BCUT2D eigenvalue weighted by Gasteiger charge is -2.09. The molecule has 0 radical (unpaired) electrons. The number of hydrogen-bond acceptors (Lipinski definition) is 2. The molecule has 0 N–H and O–H groups in total. The maximum atomic E-state index is 2.26. The third-order valence-corrected chi connectivity index (χ3v) is 5.12. The van der Waals surface area contributed by atoms with Gasteiger partial charge in [-0.25, -0.2) is 0 Å². The summed E-state index contributed by atoms with van der Waals surface area (Å²) in [5.74, 6) is 0. The Morgan fingerprint density at radius 2 is 1.69 bits per heavy atom. The molecule has 0 bridgehead atoms. The first-order chi connectivity index (χ1) is 6.36. The zero-order valence-corrected chi connectivity index (χ0v) is 9.83.